The van der Waals surface area contributed by atoms with Crippen molar-refractivity contribution in [2.24, 2.45) is 0 Å². The van der Waals surface area contributed by atoms with Gasteiger partial charge in [-0.25, -0.2) is 4.98 Å². The summed E-state index contributed by atoms with van der Waals surface area (Å²) in [5.74, 6) is 1.35. The molecule has 2 aromatic heterocycles. The van der Waals surface area contributed by atoms with E-state index in [9.17, 15) is 4.79 Å². The van der Waals surface area contributed by atoms with Crippen LogP contribution in [0.25, 0.3) is 11.4 Å². The van der Waals surface area contributed by atoms with Crippen molar-refractivity contribution in [3.05, 3.63) is 65.7 Å². The summed E-state index contributed by atoms with van der Waals surface area (Å²) in [7, 11) is 0. The molecule has 1 aliphatic rings. The van der Waals surface area contributed by atoms with Crippen molar-refractivity contribution in [2.45, 2.75) is 25.3 Å². The first kappa shape index (κ1) is 13.8. The number of nitrogens with one attached hydrogen (secondary N) is 3. The lowest BCUT2D eigenvalue weighted by molar-refractivity contribution is 0.0950. The van der Waals surface area contributed by atoms with Crippen molar-refractivity contribution >= 4 is 5.91 Å². The normalized spacial score (nSPS) is 13.9. The number of benzene rings is 1. The Morgan fingerprint density at radius 3 is 2.91 bits per heavy atom. The van der Waals surface area contributed by atoms with Crippen molar-refractivity contribution in [2.75, 3.05) is 0 Å². The number of amides is 1. The number of imidazole rings is 1. The molecule has 1 saturated carbocycles. The van der Waals surface area contributed by atoms with Crippen molar-refractivity contribution < 1.29 is 4.79 Å². The van der Waals surface area contributed by atoms with Gasteiger partial charge in [-0.2, -0.15) is 0 Å². The molecule has 3 aromatic rings. The lowest BCUT2D eigenvalue weighted by Crippen LogP contribution is -2.23. The highest BCUT2D eigenvalue weighted by atomic mass is 16.1. The molecule has 0 atom stereocenters. The Morgan fingerprint density at radius 2 is 2.13 bits per heavy atom. The minimum atomic E-state index is -0.0171. The van der Waals surface area contributed by atoms with Gasteiger partial charge >= 0.3 is 0 Å². The minimum absolute atomic E-state index is 0.0171. The molecule has 4 rings (SSSR count). The number of carbonyl (C=O) groups excluding carboxylic acids is 1. The second-order valence-electron chi connectivity index (χ2n) is 5.90. The first-order valence-corrected chi connectivity index (χ1v) is 7.85. The molecule has 2 heterocycles. The second kappa shape index (κ2) is 5.76. The molecule has 0 aliphatic heterocycles. The fourth-order valence-corrected chi connectivity index (χ4v) is 2.82. The average Bonchev–Trinajstić information content (AvgIpc) is 3.09. The Morgan fingerprint density at radius 1 is 1.22 bits per heavy atom. The molecule has 23 heavy (non-hydrogen) atoms. The number of hydrogen-bond acceptors (Lipinski definition) is 2. The van der Waals surface area contributed by atoms with E-state index in [1.807, 2.05) is 36.5 Å². The van der Waals surface area contributed by atoms with E-state index < -0.39 is 0 Å². The quantitative estimate of drug-likeness (QED) is 0.677. The molecule has 0 radical (unpaired) electrons. The van der Waals surface area contributed by atoms with Crippen LogP contribution in [0.4, 0.5) is 0 Å². The number of aromatic nitrogens is 3. The van der Waals surface area contributed by atoms with Crippen LogP contribution < -0.4 is 5.32 Å². The van der Waals surface area contributed by atoms with E-state index >= 15 is 0 Å². The smallest absolute Gasteiger partial charge is 0.253 e. The number of hydrogen-bond donors (Lipinski definition) is 3. The van der Waals surface area contributed by atoms with Crippen LogP contribution >= 0.6 is 0 Å². The van der Waals surface area contributed by atoms with E-state index in [0.717, 1.165) is 28.2 Å². The zero-order valence-corrected chi connectivity index (χ0v) is 12.7. The van der Waals surface area contributed by atoms with Crippen LogP contribution in [0.5, 0.6) is 0 Å². The van der Waals surface area contributed by atoms with E-state index in [4.69, 9.17) is 0 Å². The Balaban J connectivity index is 1.45. The van der Waals surface area contributed by atoms with Crippen LogP contribution in [0.2, 0.25) is 0 Å². The number of carbonyl (C=O) groups is 1. The maximum atomic E-state index is 12.4. The summed E-state index contributed by atoms with van der Waals surface area (Å²) < 4.78 is 0. The number of aromatic amines is 2. The van der Waals surface area contributed by atoms with Gasteiger partial charge in [0.05, 0.1) is 5.56 Å². The Hall–Kier alpha value is -2.82. The van der Waals surface area contributed by atoms with E-state index in [0.29, 0.717) is 12.5 Å². The fraction of sp³-hybridized carbons (Fsp3) is 0.222. The third-order valence-electron chi connectivity index (χ3n) is 4.16. The van der Waals surface area contributed by atoms with E-state index in [1.165, 1.54) is 12.8 Å². The monoisotopic (exact) mass is 306 g/mol. The summed E-state index contributed by atoms with van der Waals surface area (Å²) in [6.45, 7) is 0.503. The van der Waals surface area contributed by atoms with Gasteiger partial charge in [0.25, 0.3) is 5.91 Å². The lowest BCUT2D eigenvalue weighted by Gasteiger charge is -2.07. The Kier molecular flexibility index (Phi) is 3.46. The van der Waals surface area contributed by atoms with Gasteiger partial charge in [0.2, 0.25) is 0 Å². The molecule has 3 N–H and O–H groups in total. The highest BCUT2D eigenvalue weighted by Crippen LogP contribution is 2.40. The molecule has 5 nitrogen and oxygen atoms in total. The van der Waals surface area contributed by atoms with E-state index in [-0.39, 0.29) is 5.91 Å². The van der Waals surface area contributed by atoms with Gasteiger partial charge < -0.3 is 15.3 Å². The fourth-order valence-electron chi connectivity index (χ4n) is 2.82. The van der Waals surface area contributed by atoms with Crippen LogP contribution in [-0.2, 0) is 6.54 Å². The SMILES string of the molecule is O=C(NCc1cccc(-c2ncc[nH]2)c1)c1cc[nH]c1C1CC1. The topological polar surface area (TPSA) is 73.6 Å². The summed E-state index contributed by atoms with van der Waals surface area (Å²) in [5, 5.41) is 3.01. The molecule has 0 unspecified atom stereocenters. The molecular formula is C18H18N4O. The second-order valence-corrected chi connectivity index (χ2v) is 5.90. The van der Waals surface area contributed by atoms with E-state index in [2.05, 4.69) is 20.3 Å². The largest absolute Gasteiger partial charge is 0.364 e. The molecular weight excluding hydrogens is 288 g/mol. The predicted octanol–water partition coefficient (Wildman–Crippen LogP) is 3.21. The molecule has 1 aliphatic carbocycles. The van der Waals surface area contributed by atoms with Crippen LogP contribution in [-0.4, -0.2) is 20.9 Å². The summed E-state index contributed by atoms with van der Waals surface area (Å²) >= 11 is 0. The van der Waals surface area contributed by atoms with Crippen LogP contribution in [0.15, 0.2) is 48.9 Å². The Bertz CT molecular complexity index is 815. The van der Waals surface area contributed by atoms with Crippen LogP contribution in [0.1, 0.15) is 40.4 Å². The molecule has 0 saturated heterocycles. The molecule has 5 heteroatoms. The molecule has 0 bridgehead atoms. The third-order valence-corrected chi connectivity index (χ3v) is 4.16. The maximum Gasteiger partial charge on any atom is 0.253 e. The summed E-state index contributed by atoms with van der Waals surface area (Å²) in [6, 6.07) is 9.89. The first-order chi connectivity index (χ1) is 11.3. The van der Waals surface area contributed by atoms with Crippen molar-refractivity contribution in [1.82, 2.24) is 20.3 Å². The van der Waals surface area contributed by atoms with Gasteiger partial charge in [0.1, 0.15) is 5.82 Å². The highest BCUT2D eigenvalue weighted by molar-refractivity contribution is 5.95. The number of rotatable bonds is 5. The number of nitrogens with zero attached hydrogens (tertiary/aromatic N) is 1. The average molecular weight is 306 g/mol. The highest BCUT2D eigenvalue weighted by Gasteiger charge is 2.28. The molecule has 1 fully saturated rings. The van der Waals surface area contributed by atoms with Crippen molar-refractivity contribution in [1.29, 1.82) is 0 Å². The Labute approximate surface area is 134 Å². The standard InChI is InChI=1S/C18H18N4O/c23-18(15-6-7-19-16(15)13-4-5-13)22-11-12-2-1-3-14(10-12)17-20-8-9-21-17/h1-3,6-10,13,19H,4-5,11H2,(H,20,21)(H,22,23). The predicted molar refractivity (Wildman–Crippen MR) is 88.0 cm³/mol. The van der Waals surface area contributed by atoms with Crippen molar-refractivity contribution in [3.8, 4) is 11.4 Å². The van der Waals surface area contributed by atoms with Crippen molar-refractivity contribution in [3.63, 3.8) is 0 Å². The van der Waals surface area contributed by atoms with Gasteiger partial charge in [-0.3, -0.25) is 4.79 Å². The van der Waals surface area contributed by atoms with Gasteiger partial charge in [-0.1, -0.05) is 18.2 Å². The van der Waals surface area contributed by atoms with Crippen LogP contribution in [0, 0.1) is 0 Å². The maximum absolute atomic E-state index is 12.4. The molecule has 1 aromatic carbocycles. The molecule has 1 amide bonds. The lowest BCUT2D eigenvalue weighted by atomic mass is 10.1. The molecule has 116 valence electrons. The zero-order chi connectivity index (χ0) is 15.6. The van der Waals surface area contributed by atoms with E-state index in [1.54, 1.807) is 12.4 Å². The zero-order valence-electron chi connectivity index (χ0n) is 12.7. The summed E-state index contributed by atoms with van der Waals surface area (Å²) in [5.41, 5.74) is 3.92. The van der Waals surface area contributed by atoms with Crippen LogP contribution in [0.3, 0.4) is 0 Å². The van der Waals surface area contributed by atoms with Gasteiger partial charge in [-0.05, 0) is 36.5 Å². The first-order valence-electron chi connectivity index (χ1n) is 7.85. The van der Waals surface area contributed by atoms with Gasteiger partial charge in [0.15, 0.2) is 0 Å². The minimum Gasteiger partial charge on any atom is -0.364 e. The number of H-pyrrole nitrogens is 2. The van der Waals surface area contributed by atoms with Gasteiger partial charge in [0, 0.05) is 36.4 Å². The summed E-state index contributed by atoms with van der Waals surface area (Å²) in [6.07, 6.45) is 7.72. The molecule has 0 spiro atoms. The third kappa shape index (κ3) is 2.90. The van der Waals surface area contributed by atoms with Gasteiger partial charge in [-0.15, -0.1) is 0 Å². The summed E-state index contributed by atoms with van der Waals surface area (Å²) in [4.78, 5) is 22.9.